The van der Waals surface area contributed by atoms with Crippen molar-refractivity contribution in [3.05, 3.63) is 78.3 Å². The van der Waals surface area contributed by atoms with E-state index in [1.54, 1.807) is 37.1 Å². The second-order valence-corrected chi connectivity index (χ2v) is 7.73. The summed E-state index contributed by atoms with van der Waals surface area (Å²) in [5.41, 5.74) is 2.24. The highest BCUT2D eigenvalue weighted by atomic mass is 16.1. The van der Waals surface area contributed by atoms with Crippen molar-refractivity contribution in [3.63, 3.8) is 0 Å². The Labute approximate surface area is 185 Å². The summed E-state index contributed by atoms with van der Waals surface area (Å²) in [7, 11) is 2.07. The largest absolute Gasteiger partial charge is 0.348 e. The summed E-state index contributed by atoms with van der Waals surface area (Å²) in [6, 6.07) is 9.14. The third-order valence-corrected chi connectivity index (χ3v) is 5.67. The van der Waals surface area contributed by atoms with Gasteiger partial charge in [-0.05, 0) is 42.9 Å². The van der Waals surface area contributed by atoms with Crippen molar-refractivity contribution < 1.29 is 4.79 Å². The SMILES string of the molecule is CN1CCN(c2ncccn2)C[C@H]1c1nnc2ccc(C(=O)NCc3ccncc3)cn12. The lowest BCUT2D eigenvalue weighted by Gasteiger charge is -2.38. The molecule has 5 rings (SSSR count). The number of anilines is 1. The van der Waals surface area contributed by atoms with Gasteiger partial charge in [-0.25, -0.2) is 9.97 Å². The number of amides is 1. The smallest absolute Gasteiger partial charge is 0.253 e. The van der Waals surface area contributed by atoms with E-state index >= 15 is 0 Å². The number of hydrogen-bond acceptors (Lipinski definition) is 8. The molecule has 10 nitrogen and oxygen atoms in total. The summed E-state index contributed by atoms with van der Waals surface area (Å²) < 4.78 is 1.90. The molecule has 1 aliphatic heterocycles. The maximum Gasteiger partial charge on any atom is 0.253 e. The molecule has 1 saturated heterocycles. The minimum Gasteiger partial charge on any atom is -0.348 e. The molecule has 1 amide bonds. The summed E-state index contributed by atoms with van der Waals surface area (Å²) in [5.74, 6) is 1.34. The van der Waals surface area contributed by atoms with Gasteiger partial charge < -0.3 is 10.2 Å². The second kappa shape index (κ2) is 8.67. The fourth-order valence-electron chi connectivity index (χ4n) is 3.84. The van der Waals surface area contributed by atoms with E-state index in [1.165, 1.54) is 0 Å². The van der Waals surface area contributed by atoms with Gasteiger partial charge in [-0.15, -0.1) is 10.2 Å². The number of likely N-dealkylation sites (N-methyl/N-ethyl adjacent to an activating group) is 1. The van der Waals surface area contributed by atoms with Gasteiger partial charge >= 0.3 is 0 Å². The van der Waals surface area contributed by atoms with E-state index in [9.17, 15) is 4.79 Å². The molecule has 1 fully saturated rings. The minimum absolute atomic E-state index is 0.0160. The Morgan fingerprint density at radius 2 is 1.88 bits per heavy atom. The van der Waals surface area contributed by atoms with Crippen LogP contribution in [0.5, 0.6) is 0 Å². The van der Waals surface area contributed by atoms with Gasteiger partial charge in [-0.3, -0.25) is 19.1 Å². The number of piperazine rings is 1. The zero-order valence-corrected chi connectivity index (χ0v) is 17.7. The van der Waals surface area contributed by atoms with E-state index in [1.807, 2.05) is 28.7 Å². The maximum absolute atomic E-state index is 12.8. The minimum atomic E-state index is -0.153. The van der Waals surface area contributed by atoms with Crippen LogP contribution in [-0.2, 0) is 6.54 Å². The molecule has 0 aromatic carbocycles. The average Bonchev–Trinajstić information content (AvgIpc) is 3.27. The Hall–Kier alpha value is -3.92. The fraction of sp³-hybridized carbons (Fsp3) is 0.273. The molecule has 0 spiro atoms. The van der Waals surface area contributed by atoms with Crippen molar-refractivity contribution in [2.75, 3.05) is 31.6 Å². The number of carbonyl (C=O) groups is 1. The normalized spacial score (nSPS) is 16.9. The van der Waals surface area contributed by atoms with Crippen molar-refractivity contribution in [2.24, 2.45) is 0 Å². The van der Waals surface area contributed by atoms with Crippen LogP contribution in [0.15, 0.2) is 61.3 Å². The van der Waals surface area contributed by atoms with Crippen LogP contribution in [0.25, 0.3) is 5.65 Å². The van der Waals surface area contributed by atoms with E-state index in [0.717, 1.165) is 24.5 Å². The Morgan fingerprint density at radius 3 is 2.69 bits per heavy atom. The van der Waals surface area contributed by atoms with Crippen molar-refractivity contribution in [3.8, 4) is 0 Å². The number of fused-ring (bicyclic) bond motifs is 1. The average molecular weight is 429 g/mol. The van der Waals surface area contributed by atoms with Gasteiger partial charge in [0.15, 0.2) is 11.5 Å². The highest BCUT2D eigenvalue weighted by Crippen LogP contribution is 2.25. The highest BCUT2D eigenvalue weighted by molar-refractivity contribution is 5.94. The highest BCUT2D eigenvalue weighted by Gasteiger charge is 2.30. The molecule has 10 heteroatoms. The van der Waals surface area contributed by atoms with Crippen LogP contribution in [-0.4, -0.2) is 67.0 Å². The summed E-state index contributed by atoms with van der Waals surface area (Å²) >= 11 is 0. The van der Waals surface area contributed by atoms with Gasteiger partial charge in [-0.2, -0.15) is 0 Å². The number of rotatable bonds is 5. The molecule has 0 radical (unpaired) electrons. The second-order valence-electron chi connectivity index (χ2n) is 7.73. The molecule has 32 heavy (non-hydrogen) atoms. The first-order chi connectivity index (χ1) is 15.7. The van der Waals surface area contributed by atoms with Crippen molar-refractivity contribution in [1.82, 2.24) is 39.8 Å². The molecule has 0 aliphatic carbocycles. The molecular formula is C22H23N9O. The van der Waals surface area contributed by atoms with E-state index in [0.29, 0.717) is 30.2 Å². The molecule has 0 bridgehead atoms. The first-order valence-electron chi connectivity index (χ1n) is 10.4. The summed E-state index contributed by atoms with van der Waals surface area (Å²) in [4.78, 5) is 29.9. The predicted molar refractivity (Wildman–Crippen MR) is 118 cm³/mol. The zero-order valence-electron chi connectivity index (χ0n) is 17.7. The van der Waals surface area contributed by atoms with E-state index in [2.05, 4.69) is 47.3 Å². The summed E-state index contributed by atoms with van der Waals surface area (Å²) in [5, 5.41) is 11.7. The van der Waals surface area contributed by atoms with Gasteiger partial charge in [0.05, 0.1) is 11.6 Å². The van der Waals surface area contributed by atoms with Crippen LogP contribution in [0.2, 0.25) is 0 Å². The number of nitrogens with zero attached hydrogens (tertiary/aromatic N) is 8. The van der Waals surface area contributed by atoms with Crippen molar-refractivity contribution in [1.29, 1.82) is 0 Å². The first kappa shape index (κ1) is 20.0. The monoisotopic (exact) mass is 429 g/mol. The molecule has 1 atom stereocenters. The molecule has 1 aliphatic rings. The molecular weight excluding hydrogens is 406 g/mol. The quantitative estimate of drug-likeness (QED) is 0.507. The van der Waals surface area contributed by atoms with Gasteiger partial charge in [0.1, 0.15) is 0 Å². The Kier molecular flexibility index (Phi) is 5.42. The molecule has 162 valence electrons. The van der Waals surface area contributed by atoms with Crippen molar-refractivity contribution in [2.45, 2.75) is 12.6 Å². The predicted octanol–water partition coefficient (Wildman–Crippen LogP) is 1.34. The van der Waals surface area contributed by atoms with Crippen LogP contribution in [0.3, 0.4) is 0 Å². The van der Waals surface area contributed by atoms with Gasteiger partial charge in [0, 0.05) is 57.2 Å². The van der Waals surface area contributed by atoms with Crippen LogP contribution in [0.1, 0.15) is 27.8 Å². The number of hydrogen-bond donors (Lipinski definition) is 1. The molecule has 0 unspecified atom stereocenters. The number of carbonyl (C=O) groups excluding carboxylic acids is 1. The lowest BCUT2D eigenvalue weighted by Crippen LogP contribution is -2.47. The third-order valence-electron chi connectivity index (χ3n) is 5.67. The molecule has 0 saturated carbocycles. The van der Waals surface area contributed by atoms with Crippen LogP contribution in [0, 0.1) is 0 Å². The summed E-state index contributed by atoms with van der Waals surface area (Å²) in [6.07, 6.45) is 8.72. The number of pyridine rings is 2. The maximum atomic E-state index is 12.8. The van der Waals surface area contributed by atoms with E-state index < -0.39 is 0 Å². The fourth-order valence-corrected chi connectivity index (χ4v) is 3.84. The Morgan fingerprint density at radius 1 is 1.06 bits per heavy atom. The van der Waals surface area contributed by atoms with E-state index in [4.69, 9.17) is 0 Å². The van der Waals surface area contributed by atoms with Crippen LogP contribution in [0.4, 0.5) is 5.95 Å². The van der Waals surface area contributed by atoms with Gasteiger partial charge in [0.2, 0.25) is 5.95 Å². The topological polar surface area (TPSA) is 104 Å². The standard InChI is InChI=1S/C22H23N9O/c1-29-11-12-30(22-24-7-2-8-25-22)15-18(29)20-28-27-19-4-3-17(14-31(19)20)21(32)26-13-16-5-9-23-10-6-16/h2-10,14,18H,11-13,15H2,1H3,(H,26,32)/t18-/m0/s1. The zero-order chi connectivity index (χ0) is 21.9. The van der Waals surface area contributed by atoms with Crippen LogP contribution >= 0.6 is 0 Å². The van der Waals surface area contributed by atoms with Gasteiger partial charge in [-0.1, -0.05) is 0 Å². The molecule has 5 heterocycles. The van der Waals surface area contributed by atoms with Crippen molar-refractivity contribution >= 4 is 17.5 Å². The third kappa shape index (κ3) is 4.00. The van der Waals surface area contributed by atoms with Gasteiger partial charge in [0.25, 0.3) is 5.91 Å². The Balaban J connectivity index is 1.38. The lowest BCUT2D eigenvalue weighted by atomic mass is 10.1. The molecule has 4 aromatic heterocycles. The van der Waals surface area contributed by atoms with E-state index in [-0.39, 0.29) is 11.9 Å². The number of nitrogens with one attached hydrogen (secondary N) is 1. The van der Waals surface area contributed by atoms with Crippen LogP contribution < -0.4 is 10.2 Å². The molecule has 1 N–H and O–H groups in total. The first-order valence-corrected chi connectivity index (χ1v) is 10.4. The Bertz CT molecular complexity index is 1210. The molecule has 4 aromatic rings. The summed E-state index contributed by atoms with van der Waals surface area (Å²) in [6.45, 7) is 2.78. The number of aromatic nitrogens is 6. The lowest BCUT2D eigenvalue weighted by molar-refractivity contribution is 0.0950.